The van der Waals surface area contributed by atoms with Gasteiger partial charge in [0.1, 0.15) is 0 Å². The first-order valence-electron chi connectivity index (χ1n) is 7.94. The van der Waals surface area contributed by atoms with Gasteiger partial charge in [-0.05, 0) is 54.5 Å². The molecule has 2 aliphatic carbocycles. The van der Waals surface area contributed by atoms with Gasteiger partial charge in [-0.15, -0.1) is 0 Å². The largest absolute Gasteiger partial charge is 0.0614 e. The predicted molar refractivity (Wildman–Crippen MR) is 85.2 cm³/mol. The normalized spacial score (nSPS) is 18.9. The van der Waals surface area contributed by atoms with Gasteiger partial charge < -0.3 is 0 Å². The topological polar surface area (TPSA) is 0 Å². The lowest BCUT2D eigenvalue weighted by Crippen LogP contribution is -2.28. The Kier molecular flexibility index (Phi) is 2.57. The van der Waals surface area contributed by atoms with Crippen LogP contribution in [0.3, 0.4) is 0 Å². The van der Waals surface area contributed by atoms with Gasteiger partial charge in [0, 0.05) is 5.41 Å². The highest BCUT2D eigenvalue weighted by Crippen LogP contribution is 2.56. The number of benzene rings is 2. The molecule has 0 aromatic heterocycles. The maximum atomic E-state index is 2.41. The van der Waals surface area contributed by atoms with Crippen LogP contribution < -0.4 is 0 Å². The lowest BCUT2D eigenvalue weighted by Gasteiger charge is -2.36. The molecule has 0 atom stereocenters. The Labute approximate surface area is 121 Å². The fourth-order valence-electron chi connectivity index (χ4n) is 4.63. The third-order valence-electron chi connectivity index (χ3n) is 5.44. The van der Waals surface area contributed by atoms with Crippen molar-refractivity contribution in [2.75, 3.05) is 0 Å². The summed E-state index contributed by atoms with van der Waals surface area (Å²) in [6.07, 6.45) is 6.83. The molecule has 1 fully saturated rings. The van der Waals surface area contributed by atoms with E-state index in [1.165, 1.54) is 54.4 Å². The van der Waals surface area contributed by atoms with Crippen LogP contribution in [-0.4, -0.2) is 0 Å². The maximum Gasteiger partial charge on any atom is 0.0217 e. The van der Waals surface area contributed by atoms with Crippen LogP contribution in [0.5, 0.6) is 0 Å². The van der Waals surface area contributed by atoms with Gasteiger partial charge in [0.05, 0.1) is 0 Å². The van der Waals surface area contributed by atoms with Crippen molar-refractivity contribution in [2.24, 2.45) is 0 Å². The monoisotopic (exact) mass is 262 g/mol. The number of hydrogen-bond donors (Lipinski definition) is 0. The highest BCUT2D eigenvalue weighted by atomic mass is 14.5. The van der Waals surface area contributed by atoms with E-state index in [4.69, 9.17) is 0 Å². The van der Waals surface area contributed by atoms with E-state index in [0.717, 1.165) is 0 Å². The minimum absolute atomic E-state index is 0.321. The van der Waals surface area contributed by atoms with Gasteiger partial charge in [-0.1, -0.05) is 61.2 Å². The van der Waals surface area contributed by atoms with E-state index in [0.29, 0.717) is 5.41 Å². The summed E-state index contributed by atoms with van der Waals surface area (Å²) in [4.78, 5) is 0. The number of aryl methyl sites for hydroxylation is 2. The van der Waals surface area contributed by atoms with Crippen molar-refractivity contribution in [1.82, 2.24) is 0 Å². The Balaban J connectivity index is 2.06. The lowest BCUT2D eigenvalue weighted by atomic mass is 9.67. The van der Waals surface area contributed by atoms with Crippen LogP contribution in [0.2, 0.25) is 0 Å². The molecule has 0 nitrogen and oxygen atoms in total. The molecule has 4 rings (SSSR count). The van der Waals surface area contributed by atoms with Crippen LogP contribution in [0, 0.1) is 13.8 Å². The maximum absolute atomic E-state index is 2.41. The van der Waals surface area contributed by atoms with Gasteiger partial charge in [-0.2, -0.15) is 0 Å². The van der Waals surface area contributed by atoms with E-state index in [1.807, 2.05) is 0 Å². The summed E-state index contributed by atoms with van der Waals surface area (Å²) < 4.78 is 0. The Morgan fingerprint density at radius 3 is 2.45 bits per heavy atom. The van der Waals surface area contributed by atoms with Crippen molar-refractivity contribution >= 4 is 0 Å². The minimum atomic E-state index is 0.321. The van der Waals surface area contributed by atoms with Crippen LogP contribution in [-0.2, 0) is 5.41 Å². The second-order valence-corrected chi connectivity index (χ2v) is 6.69. The Bertz CT molecular complexity index is 672. The van der Waals surface area contributed by atoms with Crippen LogP contribution in [0.25, 0.3) is 11.1 Å². The highest BCUT2D eigenvalue weighted by Gasteiger charge is 2.44. The third kappa shape index (κ3) is 1.48. The molecule has 0 heteroatoms. The number of rotatable bonds is 0. The molecule has 1 spiro atoms. The first-order chi connectivity index (χ1) is 9.72. The second-order valence-electron chi connectivity index (χ2n) is 6.69. The Hall–Kier alpha value is -1.56. The minimum Gasteiger partial charge on any atom is -0.0614 e. The van der Waals surface area contributed by atoms with E-state index in [-0.39, 0.29) is 0 Å². The summed E-state index contributed by atoms with van der Waals surface area (Å²) in [5.74, 6) is 0. The first-order valence-corrected chi connectivity index (χ1v) is 7.94. The smallest absolute Gasteiger partial charge is 0.0217 e. The van der Waals surface area contributed by atoms with E-state index in [1.54, 1.807) is 11.1 Å². The van der Waals surface area contributed by atoms with Crippen molar-refractivity contribution in [3.05, 3.63) is 58.7 Å². The molecule has 20 heavy (non-hydrogen) atoms. The zero-order valence-electron chi connectivity index (χ0n) is 12.5. The zero-order valence-corrected chi connectivity index (χ0v) is 12.5. The molecule has 102 valence electrons. The van der Waals surface area contributed by atoms with E-state index >= 15 is 0 Å². The van der Waals surface area contributed by atoms with Crippen LogP contribution in [0.1, 0.15) is 54.4 Å². The summed E-state index contributed by atoms with van der Waals surface area (Å²) in [6, 6.07) is 14.0. The third-order valence-corrected chi connectivity index (χ3v) is 5.44. The fraction of sp³-hybridized carbons (Fsp3) is 0.400. The van der Waals surface area contributed by atoms with E-state index in [2.05, 4.69) is 50.2 Å². The van der Waals surface area contributed by atoms with Crippen molar-refractivity contribution in [3.8, 4) is 11.1 Å². The lowest BCUT2D eigenvalue weighted by molar-refractivity contribution is 0.351. The molecule has 0 heterocycles. The summed E-state index contributed by atoms with van der Waals surface area (Å²) >= 11 is 0. The van der Waals surface area contributed by atoms with Crippen LogP contribution in [0.4, 0.5) is 0 Å². The van der Waals surface area contributed by atoms with Crippen LogP contribution >= 0.6 is 0 Å². The SMILES string of the molecule is Cc1ccc2c(c1)-c1cccc(C)c1C21CCCCC1. The van der Waals surface area contributed by atoms with E-state index < -0.39 is 0 Å². The molecule has 0 unspecified atom stereocenters. The average Bonchev–Trinajstić information content (AvgIpc) is 2.71. The highest BCUT2D eigenvalue weighted by molar-refractivity contribution is 5.82. The number of hydrogen-bond acceptors (Lipinski definition) is 0. The van der Waals surface area contributed by atoms with Gasteiger partial charge in [-0.3, -0.25) is 0 Å². The predicted octanol–water partition coefficient (Wildman–Crippen LogP) is 5.53. The fourth-order valence-corrected chi connectivity index (χ4v) is 4.63. The number of fused-ring (bicyclic) bond motifs is 5. The Morgan fingerprint density at radius 2 is 1.65 bits per heavy atom. The molecule has 2 aromatic rings. The van der Waals surface area contributed by atoms with Gasteiger partial charge in [0.15, 0.2) is 0 Å². The van der Waals surface area contributed by atoms with Gasteiger partial charge >= 0.3 is 0 Å². The Morgan fingerprint density at radius 1 is 0.850 bits per heavy atom. The second kappa shape index (κ2) is 4.22. The van der Waals surface area contributed by atoms with E-state index in [9.17, 15) is 0 Å². The van der Waals surface area contributed by atoms with Crippen molar-refractivity contribution in [2.45, 2.75) is 51.4 Å². The molecule has 2 aromatic carbocycles. The molecular formula is C20H22. The molecule has 0 radical (unpaired) electrons. The summed E-state index contributed by atoms with van der Waals surface area (Å²) in [5, 5.41) is 0. The molecule has 0 saturated heterocycles. The molecule has 1 saturated carbocycles. The van der Waals surface area contributed by atoms with Crippen molar-refractivity contribution in [3.63, 3.8) is 0 Å². The summed E-state index contributed by atoms with van der Waals surface area (Å²) in [7, 11) is 0. The first kappa shape index (κ1) is 12.2. The van der Waals surface area contributed by atoms with Crippen molar-refractivity contribution < 1.29 is 0 Å². The van der Waals surface area contributed by atoms with Crippen molar-refractivity contribution in [1.29, 1.82) is 0 Å². The quantitative estimate of drug-likeness (QED) is 0.585. The molecule has 0 N–H and O–H groups in total. The molecule has 0 aliphatic heterocycles. The molecular weight excluding hydrogens is 240 g/mol. The van der Waals surface area contributed by atoms with Gasteiger partial charge in [-0.25, -0.2) is 0 Å². The van der Waals surface area contributed by atoms with Gasteiger partial charge in [0.25, 0.3) is 0 Å². The van der Waals surface area contributed by atoms with Gasteiger partial charge in [0.2, 0.25) is 0 Å². The van der Waals surface area contributed by atoms with Crippen LogP contribution in [0.15, 0.2) is 36.4 Å². The molecule has 2 aliphatic rings. The standard InChI is InChI=1S/C20H22/c1-14-9-10-18-17(13-14)16-8-6-7-15(2)19(16)20(18)11-4-3-5-12-20/h6-10,13H,3-5,11-12H2,1-2H3. The zero-order chi connectivity index (χ0) is 13.7. The molecule has 0 amide bonds. The summed E-state index contributed by atoms with van der Waals surface area (Å²) in [5.41, 5.74) is 9.44. The molecule has 0 bridgehead atoms. The summed E-state index contributed by atoms with van der Waals surface area (Å²) in [6.45, 7) is 4.51. The average molecular weight is 262 g/mol.